The average Bonchev–Trinajstić information content (AvgIpc) is 2.88. The predicted octanol–water partition coefficient (Wildman–Crippen LogP) is 4.53. The lowest BCUT2D eigenvalue weighted by Gasteiger charge is -2.09. The summed E-state index contributed by atoms with van der Waals surface area (Å²) in [4.78, 5) is 11.0. The molecule has 2 atom stereocenters. The SMILES string of the molecule is CCCCC/C=C/C(O)CCCCCC[C@H]1CCC(=O)O1. The fourth-order valence-corrected chi connectivity index (χ4v) is 2.73. The lowest BCUT2D eigenvalue weighted by atomic mass is 10.0. The zero-order chi connectivity index (χ0) is 15.3. The van der Waals surface area contributed by atoms with Crippen molar-refractivity contribution in [3.63, 3.8) is 0 Å². The van der Waals surface area contributed by atoms with Crippen molar-refractivity contribution in [3.05, 3.63) is 12.2 Å². The van der Waals surface area contributed by atoms with Crippen LogP contribution >= 0.6 is 0 Å². The van der Waals surface area contributed by atoms with Crippen LogP contribution in [0.25, 0.3) is 0 Å². The number of cyclic esters (lactones) is 1. The van der Waals surface area contributed by atoms with Crippen LogP contribution in [0.3, 0.4) is 0 Å². The monoisotopic (exact) mass is 296 g/mol. The topological polar surface area (TPSA) is 46.5 Å². The second-order valence-electron chi connectivity index (χ2n) is 6.13. The van der Waals surface area contributed by atoms with Gasteiger partial charge in [0.05, 0.1) is 6.10 Å². The van der Waals surface area contributed by atoms with Gasteiger partial charge < -0.3 is 9.84 Å². The van der Waals surface area contributed by atoms with Crippen molar-refractivity contribution in [2.45, 2.75) is 96.2 Å². The minimum atomic E-state index is -0.276. The van der Waals surface area contributed by atoms with Crippen molar-refractivity contribution in [2.24, 2.45) is 0 Å². The van der Waals surface area contributed by atoms with Crippen molar-refractivity contribution in [1.29, 1.82) is 0 Å². The Labute approximate surface area is 129 Å². The van der Waals surface area contributed by atoms with E-state index in [1.165, 1.54) is 25.7 Å². The van der Waals surface area contributed by atoms with Gasteiger partial charge in [-0.15, -0.1) is 0 Å². The van der Waals surface area contributed by atoms with Crippen LogP contribution in [0, 0.1) is 0 Å². The molecule has 1 N–H and O–H groups in total. The molecule has 0 saturated carbocycles. The molecule has 1 aliphatic heterocycles. The first-order valence-electron chi connectivity index (χ1n) is 8.76. The Morgan fingerprint density at radius 3 is 2.76 bits per heavy atom. The highest BCUT2D eigenvalue weighted by atomic mass is 16.5. The Kier molecular flexibility index (Phi) is 10.2. The maximum atomic E-state index is 11.0. The number of aliphatic hydroxyl groups excluding tert-OH is 1. The van der Waals surface area contributed by atoms with E-state index >= 15 is 0 Å². The van der Waals surface area contributed by atoms with Gasteiger partial charge in [0.25, 0.3) is 0 Å². The fraction of sp³-hybridized carbons (Fsp3) is 0.833. The number of ether oxygens (including phenoxy) is 1. The predicted molar refractivity (Wildman–Crippen MR) is 86.1 cm³/mol. The molecular weight excluding hydrogens is 264 g/mol. The van der Waals surface area contributed by atoms with Crippen LogP contribution in [0.4, 0.5) is 0 Å². The normalized spacial score (nSPS) is 20.1. The number of esters is 1. The first-order chi connectivity index (χ1) is 10.2. The van der Waals surface area contributed by atoms with E-state index in [1.807, 2.05) is 6.08 Å². The molecule has 0 aromatic rings. The standard InChI is InChI=1S/C18H32O3/c1-2-3-4-5-8-11-16(19)12-9-6-7-10-13-17-14-15-18(20)21-17/h8,11,16-17,19H,2-7,9-10,12-15H2,1H3/b11-8+/t16?,17-/m0/s1. The number of unbranched alkanes of at least 4 members (excludes halogenated alkanes) is 6. The molecule has 1 heterocycles. The second-order valence-corrected chi connectivity index (χ2v) is 6.13. The molecule has 0 bridgehead atoms. The van der Waals surface area contributed by atoms with E-state index in [-0.39, 0.29) is 18.2 Å². The van der Waals surface area contributed by atoms with E-state index in [9.17, 15) is 9.90 Å². The van der Waals surface area contributed by atoms with Crippen LogP contribution in [0.1, 0.15) is 84.0 Å². The zero-order valence-electron chi connectivity index (χ0n) is 13.6. The number of aliphatic hydroxyl groups is 1. The summed E-state index contributed by atoms with van der Waals surface area (Å²) in [6, 6.07) is 0. The van der Waals surface area contributed by atoms with Gasteiger partial charge in [-0.1, -0.05) is 51.2 Å². The largest absolute Gasteiger partial charge is 0.462 e. The summed E-state index contributed by atoms with van der Waals surface area (Å²) in [5.41, 5.74) is 0. The molecule has 0 aromatic carbocycles. The smallest absolute Gasteiger partial charge is 0.306 e. The van der Waals surface area contributed by atoms with E-state index in [0.717, 1.165) is 44.9 Å². The molecule has 1 aliphatic rings. The quantitative estimate of drug-likeness (QED) is 0.327. The van der Waals surface area contributed by atoms with Crippen LogP contribution in [-0.4, -0.2) is 23.3 Å². The van der Waals surface area contributed by atoms with Gasteiger partial charge in [0.1, 0.15) is 6.10 Å². The number of rotatable bonds is 12. The Bertz CT molecular complexity index is 299. The number of allylic oxidation sites excluding steroid dienone is 1. The summed E-state index contributed by atoms with van der Waals surface area (Å²) < 4.78 is 5.19. The van der Waals surface area contributed by atoms with E-state index in [2.05, 4.69) is 13.0 Å². The third-order valence-electron chi connectivity index (χ3n) is 4.08. The highest BCUT2D eigenvalue weighted by Crippen LogP contribution is 2.20. The van der Waals surface area contributed by atoms with Crippen LogP contribution in [0.2, 0.25) is 0 Å². The second kappa shape index (κ2) is 11.8. The third-order valence-corrected chi connectivity index (χ3v) is 4.08. The molecule has 122 valence electrons. The van der Waals surface area contributed by atoms with Gasteiger partial charge in [0.15, 0.2) is 0 Å². The van der Waals surface area contributed by atoms with Crippen molar-refractivity contribution in [2.75, 3.05) is 0 Å². The molecule has 1 rings (SSSR count). The molecule has 0 amide bonds. The Balaban J connectivity index is 1.87. The third kappa shape index (κ3) is 9.67. The maximum Gasteiger partial charge on any atom is 0.306 e. The summed E-state index contributed by atoms with van der Waals surface area (Å²) in [6.45, 7) is 2.20. The highest BCUT2D eigenvalue weighted by Gasteiger charge is 2.22. The molecule has 0 aromatic heterocycles. The first-order valence-corrected chi connectivity index (χ1v) is 8.76. The van der Waals surface area contributed by atoms with E-state index in [1.54, 1.807) is 0 Å². The minimum Gasteiger partial charge on any atom is -0.462 e. The number of carbonyl (C=O) groups excluding carboxylic acids is 1. The van der Waals surface area contributed by atoms with E-state index in [4.69, 9.17) is 4.74 Å². The van der Waals surface area contributed by atoms with Crippen molar-refractivity contribution >= 4 is 5.97 Å². The molecule has 21 heavy (non-hydrogen) atoms. The van der Waals surface area contributed by atoms with Gasteiger partial charge in [0, 0.05) is 6.42 Å². The highest BCUT2D eigenvalue weighted by molar-refractivity contribution is 5.71. The van der Waals surface area contributed by atoms with E-state index < -0.39 is 0 Å². The summed E-state index contributed by atoms with van der Waals surface area (Å²) in [5.74, 6) is -0.0335. The Morgan fingerprint density at radius 2 is 2.05 bits per heavy atom. The summed E-state index contributed by atoms with van der Waals surface area (Å²) in [5, 5.41) is 9.82. The van der Waals surface area contributed by atoms with Crippen molar-refractivity contribution in [3.8, 4) is 0 Å². The molecule has 3 heteroatoms. The van der Waals surface area contributed by atoms with Crippen LogP contribution in [0.5, 0.6) is 0 Å². The molecular formula is C18H32O3. The minimum absolute atomic E-state index is 0.0335. The van der Waals surface area contributed by atoms with Gasteiger partial charge in [-0.25, -0.2) is 0 Å². The summed E-state index contributed by atoms with van der Waals surface area (Å²) in [6.07, 6.45) is 16.7. The van der Waals surface area contributed by atoms with Gasteiger partial charge in [-0.3, -0.25) is 4.79 Å². The van der Waals surface area contributed by atoms with Gasteiger partial charge in [-0.05, 0) is 38.5 Å². The Morgan fingerprint density at radius 1 is 1.24 bits per heavy atom. The molecule has 1 unspecified atom stereocenters. The maximum absolute atomic E-state index is 11.0. The Hall–Kier alpha value is -0.830. The summed E-state index contributed by atoms with van der Waals surface area (Å²) >= 11 is 0. The van der Waals surface area contributed by atoms with Crippen LogP contribution < -0.4 is 0 Å². The van der Waals surface area contributed by atoms with Crippen molar-refractivity contribution in [1.82, 2.24) is 0 Å². The number of hydrogen-bond acceptors (Lipinski definition) is 3. The van der Waals surface area contributed by atoms with Crippen LogP contribution in [-0.2, 0) is 9.53 Å². The van der Waals surface area contributed by atoms with E-state index in [0.29, 0.717) is 6.42 Å². The van der Waals surface area contributed by atoms with Gasteiger partial charge in [-0.2, -0.15) is 0 Å². The summed E-state index contributed by atoms with van der Waals surface area (Å²) in [7, 11) is 0. The average molecular weight is 296 g/mol. The van der Waals surface area contributed by atoms with Gasteiger partial charge >= 0.3 is 5.97 Å². The molecule has 1 saturated heterocycles. The number of hydrogen-bond donors (Lipinski definition) is 1. The van der Waals surface area contributed by atoms with Crippen LogP contribution in [0.15, 0.2) is 12.2 Å². The molecule has 1 fully saturated rings. The first kappa shape index (κ1) is 18.2. The lowest BCUT2D eigenvalue weighted by Crippen LogP contribution is -2.06. The molecule has 0 spiro atoms. The zero-order valence-corrected chi connectivity index (χ0v) is 13.6. The fourth-order valence-electron chi connectivity index (χ4n) is 2.73. The van der Waals surface area contributed by atoms with Gasteiger partial charge in [0.2, 0.25) is 0 Å². The molecule has 0 aliphatic carbocycles. The van der Waals surface area contributed by atoms with Crippen molar-refractivity contribution < 1.29 is 14.6 Å². The molecule has 3 nitrogen and oxygen atoms in total. The lowest BCUT2D eigenvalue weighted by molar-refractivity contribution is -0.141. The number of carbonyl (C=O) groups is 1. The molecule has 0 radical (unpaired) electrons.